The van der Waals surface area contributed by atoms with Crippen LogP contribution in [0, 0.1) is 11.8 Å². The van der Waals surface area contributed by atoms with Gasteiger partial charge in [-0.05, 0) is 54.5 Å². The summed E-state index contributed by atoms with van der Waals surface area (Å²) < 4.78 is 44.7. The van der Waals surface area contributed by atoms with Crippen LogP contribution in [-0.2, 0) is 6.18 Å². The van der Waals surface area contributed by atoms with Gasteiger partial charge in [0.05, 0.1) is 5.56 Å². The summed E-state index contributed by atoms with van der Waals surface area (Å²) in [6.07, 6.45) is 8.15. The van der Waals surface area contributed by atoms with E-state index in [1.165, 1.54) is 63.5 Å². The molecule has 1 saturated carbocycles. The van der Waals surface area contributed by atoms with E-state index in [1.54, 1.807) is 0 Å². The number of benzene rings is 2. The number of rotatable bonds is 10. The van der Waals surface area contributed by atoms with Crippen molar-refractivity contribution in [3.05, 3.63) is 65.7 Å². The highest BCUT2D eigenvalue weighted by molar-refractivity contribution is 5.30. The van der Waals surface area contributed by atoms with Gasteiger partial charge in [0.15, 0.2) is 0 Å². The van der Waals surface area contributed by atoms with Crippen molar-refractivity contribution in [1.82, 2.24) is 0 Å². The highest BCUT2D eigenvalue weighted by atomic mass is 19.4. The Morgan fingerprint density at radius 1 is 0.839 bits per heavy atom. The monoisotopic (exact) mass is 432 g/mol. The van der Waals surface area contributed by atoms with E-state index in [0.29, 0.717) is 5.75 Å². The predicted octanol–water partition coefficient (Wildman–Crippen LogP) is 8.99. The molecule has 1 nitrogen and oxygen atoms in total. The molecule has 0 saturated heterocycles. The van der Waals surface area contributed by atoms with E-state index in [-0.39, 0.29) is 6.10 Å². The van der Waals surface area contributed by atoms with E-state index in [1.807, 2.05) is 30.3 Å². The topological polar surface area (TPSA) is 9.23 Å². The van der Waals surface area contributed by atoms with Gasteiger partial charge in [0.1, 0.15) is 11.9 Å². The number of unbranched alkanes of at least 4 members (excludes halogenated alkanes) is 2. The molecule has 1 unspecified atom stereocenters. The van der Waals surface area contributed by atoms with Gasteiger partial charge >= 0.3 is 6.18 Å². The molecule has 0 aromatic heterocycles. The molecular formula is C27H35F3O. The molecule has 0 amide bonds. The Morgan fingerprint density at radius 2 is 1.45 bits per heavy atom. The van der Waals surface area contributed by atoms with Gasteiger partial charge in [-0.1, -0.05) is 88.6 Å². The average Bonchev–Trinajstić information content (AvgIpc) is 2.78. The van der Waals surface area contributed by atoms with E-state index >= 15 is 0 Å². The molecule has 1 fully saturated rings. The summed E-state index contributed by atoms with van der Waals surface area (Å²) in [7, 11) is 0. The summed E-state index contributed by atoms with van der Waals surface area (Å²) >= 11 is 0. The van der Waals surface area contributed by atoms with Gasteiger partial charge in [-0.3, -0.25) is 0 Å². The molecule has 4 heteroatoms. The molecule has 2 aromatic carbocycles. The molecule has 0 bridgehead atoms. The second-order valence-corrected chi connectivity index (χ2v) is 9.00. The molecule has 0 N–H and O–H groups in total. The summed E-state index contributed by atoms with van der Waals surface area (Å²) in [5.41, 5.74) is 0.433. The summed E-state index contributed by atoms with van der Waals surface area (Å²) in [4.78, 5) is 0. The third-order valence-electron chi connectivity index (χ3n) is 6.65. The fourth-order valence-corrected chi connectivity index (χ4v) is 4.73. The Bertz CT molecular complexity index is 746. The minimum absolute atomic E-state index is 0.139. The van der Waals surface area contributed by atoms with Crippen molar-refractivity contribution in [3.63, 3.8) is 0 Å². The second-order valence-electron chi connectivity index (χ2n) is 9.00. The number of hydrogen-bond acceptors (Lipinski definition) is 1. The Kier molecular flexibility index (Phi) is 8.86. The average molecular weight is 433 g/mol. The summed E-state index contributed by atoms with van der Waals surface area (Å²) in [6, 6.07) is 15.1. The van der Waals surface area contributed by atoms with E-state index in [2.05, 4.69) is 6.92 Å². The van der Waals surface area contributed by atoms with Crippen LogP contribution < -0.4 is 4.74 Å². The van der Waals surface area contributed by atoms with Crippen molar-refractivity contribution in [2.45, 2.75) is 83.4 Å². The molecule has 2 aromatic rings. The largest absolute Gasteiger partial charge is 0.486 e. The Labute approximate surface area is 185 Å². The van der Waals surface area contributed by atoms with Gasteiger partial charge in [0.2, 0.25) is 0 Å². The Morgan fingerprint density at radius 3 is 2.03 bits per heavy atom. The van der Waals surface area contributed by atoms with Crippen LogP contribution in [0.15, 0.2) is 54.6 Å². The lowest BCUT2D eigenvalue weighted by atomic mass is 9.77. The minimum Gasteiger partial charge on any atom is -0.486 e. The maximum absolute atomic E-state index is 12.8. The van der Waals surface area contributed by atoms with Crippen molar-refractivity contribution >= 4 is 0 Å². The normalized spacial score (nSPS) is 20.4. The highest BCUT2D eigenvalue weighted by Gasteiger charge is 2.30. The maximum Gasteiger partial charge on any atom is 0.416 e. The first-order valence-corrected chi connectivity index (χ1v) is 11.8. The molecule has 1 aliphatic rings. The molecule has 1 aliphatic carbocycles. The van der Waals surface area contributed by atoms with Crippen LogP contribution in [0.5, 0.6) is 5.75 Å². The number of hydrogen-bond donors (Lipinski definition) is 0. The lowest BCUT2D eigenvalue weighted by molar-refractivity contribution is -0.137. The number of alkyl halides is 3. The van der Waals surface area contributed by atoms with Crippen molar-refractivity contribution in [3.8, 4) is 5.75 Å². The van der Waals surface area contributed by atoms with Crippen LogP contribution in [0.25, 0.3) is 0 Å². The molecule has 0 spiro atoms. The van der Waals surface area contributed by atoms with Crippen LogP contribution in [0.3, 0.4) is 0 Å². The number of ether oxygens (including phenoxy) is 1. The molecular weight excluding hydrogens is 397 g/mol. The Hall–Kier alpha value is -1.97. The van der Waals surface area contributed by atoms with E-state index in [0.717, 1.165) is 42.4 Å². The van der Waals surface area contributed by atoms with Gasteiger partial charge < -0.3 is 4.74 Å². The fraction of sp³-hybridized carbons (Fsp3) is 0.556. The molecule has 0 radical (unpaired) electrons. The zero-order valence-corrected chi connectivity index (χ0v) is 18.5. The third-order valence-corrected chi connectivity index (χ3v) is 6.65. The summed E-state index contributed by atoms with van der Waals surface area (Å²) in [5, 5.41) is 0. The molecule has 0 heterocycles. The second kappa shape index (κ2) is 11.6. The molecule has 3 rings (SSSR count). The first kappa shape index (κ1) is 23.7. The standard InChI is InChI=1S/C27H35F3O/c1-2-3-5-8-21-11-13-22(14-12-21)15-20-26(23-9-6-4-7-10-23)31-25-18-16-24(17-19-25)27(28,29)30/h4,6-7,9-10,16-19,21-22,26H,2-3,5,8,11-15,20H2,1H3. The lowest BCUT2D eigenvalue weighted by Crippen LogP contribution is -2.16. The van der Waals surface area contributed by atoms with Crippen LogP contribution in [-0.4, -0.2) is 0 Å². The van der Waals surface area contributed by atoms with Crippen molar-refractivity contribution in [2.75, 3.05) is 0 Å². The highest BCUT2D eigenvalue weighted by Crippen LogP contribution is 2.37. The van der Waals surface area contributed by atoms with E-state index in [4.69, 9.17) is 4.74 Å². The fourth-order valence-electron chi connectivity index (χ4n) is 4.73. The first-order valence-electron chi connectivity index (χ1n) is 11.8. The lowest BCUT2D eigenvalue weighted by Gasteiger charge is -2.30. The zero-order chi connectivity index (χ0) is 22.1. The summed E-state index contributed by atoms with van der Waals surface area (Å²) in [5.74, 6) is 2.11. The van der Waals surface area contributed by atoms with Gasteiger partial charge in [-0.15, -0.1) is 0 Å². The predicted molar refractivity (Wildman–Crippen MR) is 120 cm³/mol. The molecule has 1 atom stereocenters. The molecule has 170 valence electrons. The maximum atomic E-state index is 12.8. The Balaban J connectivity index is 1.56. The van der Waals surface area contributed by atoms with Gasteiger partial charge in [-0.25, -0.2) is 0 Å². The minimum atomic E-state index is -4.33. The van der Waals surface area contributed by atoms with Gasteiger partial charge in [-0.2, -0.15) is 13.2 Å². The van der Waals surface area contributed by atoms with Gasteiger partial charge in [0, 0.05) is 0 Å². The van der Waals surface area contributed by atoms with Gasteiger partial charge in [0.25, 0.3) is 0 Å². The van der Waals surface area contributed by atoms with Crippen LogP contribution in [0.1, 0.15) is 88.4 Å². The van der Waals surface area contributed by atoms with E-state index in [9.17, 15) is 13.2 Å². The van der Waals surface area contributed by atoms with Crippen LogP contribution in [0.4, 0.5) is 13.2 Å². The quantitative estimate of drug-likeness (QED) is 0.340. The van der Waals surface area contributed by atoms with Crippen LogP contribution >= 0.6 is 0 Å². The van der Waals surface area contributed by atoms with Crippen molar-refractivity contribution < 1.29 is 17.9 Å². The SMILES string of the molecule is CCCCCC1CCC(CCC(Oc2ccc(C(F)(F)F)cc2)c2ccccc2)CC1. The molecule has 0 aliphatic heterocycles. The zero-order valence-electron chi connectivity index (χ0n) is 18.5. The third kappa shape index (κ3) is 7.59. The first-order chi connectivity index (χ1) is 15.0. The molecule has 31 heavy (non-hydrogen) atoms. The van der Waals surface area contributed by atoms with Crippen molar-refractivity contribution in [1.29, 1.82) is 0 Å². The smallest absolute Gasteiger partial charge is 0.416 e. The number of halogens is 3. The summed E-state index contributed by atoms with van der Waals surface area (Å²) in [6.45, 7) is 2.26. The van der Waals surface area contributed by atoms with Crippen LogP contribution in [0.2, 0.25) is 0 Å². The van der Waals surface area contributed by atoms with Crippen molar-refractivity contribution in [2.24, 2.45) is 11.8 Å². The van der Waals surface area contributed by atoms with E-state index < -0.39 is 11.7 Å².